The molecular formula is C63H63K3N3O18P3S3. The molecule has 9 rings (SSSR count). The van der Waals surface area contributed by atoms with E-state index in [0.29, 0.717) is 19.3 Å². The van der Waals surface area contributed by atoms with Crippen LogP contribution in [0.2, 0.25) is 0 Å². The van der Waals surface area contributed by atoms with Gasteiger partial charge >= 0.3 is 177 Å². The summed E-state index contributed by atoms with van der Waals surface area (Å²) in [6.45, 7) is 0. The third-order valence-electron chi connectivity index (χ3n) is 14.3. The Morgan fingerprint density at radius 3 is 0.710 bits per heavy atom. The Morgan fingerprint density at radius 1 is 0.312 bits per heavy atom. The van der Waals surface area contributed by atoms with Crippen LogP contribution in [0.15, 0.2) is 219 Å². The van der Waals surface area contributed by atoms with Crippen molar-refractivity contribution in [1.29, 1.82) is 0 Å². The van der Waals surface area contributed by atoms with Gasteiger partial charge in [0.1, 0.15) is 30.4 Å². The van der Waals surface area contributed by atoms with E-state index in [1.54, 1.807) is 18.6 Å². The van der Waals surface area contributed by atoms with Crippen molar-refractivity contribution in [1.82, 2.24) is 15.0 Å². The molecule has 0 saturated carbocycles. The molecule has 3 heterocycles. The zero-order chi connectivity index (χ0) is 65.3. The predicted octanol–water partition coefficient (Wildman–Crippen LogP) is 2.37. The second-order valence-corrected chi connectivity index (χ2v) is 31.8. The first-order chi connectivity index (χ1) is 42.5. The van der Waals surface area contributed by atoms with Crippen molar-refractivity contribution in [2.24, 2.45) is 0 Å². The first-order valence-corrected chi connectivity index (χ1v) is 37.2. The fraction of sp³-hybridized carbons (Fsp3) is 0.190. The van der Waals surface area contributed by atoms with Crippen molar-refractivity contribution in [2.75, 3.05) is 0 Å². The van der Waals surface area contributed by atoms with E-state index in [9.17, 15) is 82.0 Å². The molecule has 3 aromatic heterocycles. The minimum atomic E-state index is -5.09. The Kier molecular flexibility index (Phi) is 34.4. The minimum absolute atomic E-state index is 0. The van der Waals surface area contributed by atoms with E-state index >= 15 is 0 Å². The zero-order valence-corrected chi connectivity index (χ0v) is 65.4. The van der Waals surface area contributed by atoms with Crippen LogP contribution in [0, 0.1) is 0 Å². The van der Waals surface area contributed by atoms with Crippen LogP contribution in [0.4, 0.5) is 0 Å². The van der Waals surface area contributed by atoms with Gasteiger partial charge in [-0.1, -0.05) is 164 Å². The van der Waals surface area contributed by atoms with E-state index in [1.165, 1.54) is 0 Å². The largest absolute Gasteiger partial charge is 1.00 e. The van der Waals surface area contributed by atoms with E-state index < -0.39 is 87.4 Å². The summed E-state index contributed by atoms with van der Waals surface area (Å²) >= 11 is 0. The van der Waals surface area contributed by atoms with Gasteiger partial charge < -0.3 is 43.0 Å². The monoisotopic (exact) mass is 1460 g/mol. The number of aryl methyl sites for hydroxylation is 3. The second-order valence-electron chi connectivity index (χ2n) is 20.6. The molecule has 9 aromatic rings. The van der Waals surface area contributed by atoms with Gasteiger partial charge in [0, 0.05) is 35.3 Å². The number of hydrogen-bond acceptors (Lipinski definition) is 15. The van der Waals surface area contributed by atoms with Gasteiger partial charge in [0.25, 0.3) is 0 Å². The van der Waals surface area contributed by atoms with Gasteiger partial charge in [0.05, 0.1) is 17.1 Å². The molecular weight excluding hydrogens is 1390 g/mol. The average Bonchev–Trinajstić information content (AvgIpc) is 1.18. The molecule has 0 spiro atoms. The summed E-state index contributed by atoms with van der Waals surface area (Å²) in [5, 5.41) is 0. The van der Waals surface area contributed by atoms with Crippen LogP contribution in [0.5, 0.6) is 0 Å². The first-order valence-electron chi connectivity index (χ1n) is 27.8. The maximum atomic E-state index is 11.4. The number of rotatable bonds is 24. The summed E-state index contributed by atoms with van der Waals surface area (Å²) in [6.07, 6.45) is 5.58. The number of benzene rings is 6. The van der Waals surface area contributed by atoms with Crippen molar-refractivity contribution in [3.8, 4) is 67.2 Å². The van der Waals surface area contributed by atoms with E-state index in [0.717, 1.165) is 83.8 Å². The summed E-state index contributed by atoms with van der Waals surface area (Å²) in [6, 6.07) is 63.2. The molecule has 474 valence electrons. The SMILES string of the molecule is O=P(O)(O)C(CCCc1ccccc1-c1ccc(-c2ccccn2)cc1)S(=O)(=O)[O-].O=P(O)(O)C(CCCc1ccccc1-c1ccc(-c2ccccn2)cc1)S(=O)(=O)[O-].O=P(O)(O)C(CCCc1ccccc1-c1ccc(-c2ccccn2)cc1)S(=O)(=O)[O-].[K+].[K+].[K+]. The van der Waals surface area contributed by atoms with Crippen LogP contribution in [-0.4, -0.2) is 98.2 Å². The van der Waals surface area contributed by atoms with Gasteiger partial charge in [-0.2, -0.15) is 0 Å². The first kappa shape index (κ1) is 83.3. The molecule has 6 N–H and O–H groups in total. The standard InChI is InChI=1S/3C21H22NO6PS.3K/c3*23-29(24,25)21(30(26,27)28)10-5-7-16-6-1-2-8-19(16)17-11-13-18(14-12-17)20-9-3-4-15-22-20;;;/h3*1-4,6,8-9,11-15,21H,5,7,10H2,(H2,23,24,25)(H,26,27,28);;;/q;;;3*+1/p-3. The van der Waals surface area contributed by atoms with E-state index in [4.69, 9.17) is 0 Å². The van der Waals surface area contributed by atoms with Gasteiger partial charge in [0.2, 0.25) is 0 Å². The molecule has 6 aromatic carbocycles. The normalized spacial score (nSPS) is 12.7. The van der Waals surface area contributed by atoms with E-state index in [-0.39, 0.29) is 173 Å². The Bertz CT molecular complexity index is 3890. The Balaban J connectivity index is 0.000000293. The molecule has 0 saturated heterocycles. The maximum absolute atomic E-state index is 11.4. The van der Waals surface area contributed by atoms with E-state index in [1.807, 2.05) is 200 Å². The van der Waals surface area contributed by atoms with Crippen LogP contribution in [-0.2, 0) is 63.3 Å². The smallest absolute Gasteiger partial charge is 0.747 e. The molecule has 21 nitrogen and oxygen atoms in total. The number of pyridine rings is 3. The molecule has 0 bridgehead atoms. The number of aromatic nitrogens is 3. The van der Waals surface area contributed by atoms with Gasteiger partial charge in [-0.05, 0) is 144 Å². The molecule has 0 radical (unpaired) electrons. The number of hydrogen-bond donors (Lipinski definition) is 6. The Hall–Kier alpha value is -2.14. The second kappa shape index (κ2) is 38.4. The summed E-state index contributed by atoms with van der Waals surface area (Å²) in [5.41, 5.74) is 13.9. The van der Waals surface area contributed by atoms with Crippen molar-refractivity contribution in [3.05, 3.63) is 235 Å². The summed E-state index contributed by atoms with van der Waals surface area (Å²) < 4.78 is 135. The predicted molar refractivity (Wildman–Crippen MR) is 341 cm³/mol. The zero-order valence-electron chi connectivity index (χ0n) is 50.9. The number of nitrogens with zero attached hydrogens (tertiary/aromatic N) is 3. The van der Waals surface area contributed by atoms with Crippen molar-refractivity contribution in [2.45, 2.75) is 72.8 Å². The summed E-state index contributed by atoms with van der Waals surface area (Å²) in [4.78, 5) is 61.5. The van der Waals surface area contributed by atoms with Gasteiger partial charge in [-0.25, -0.2) is 25.3 Å². The molecule has 0 aliphatic rings. The molecule has 0 aliphatic carbocycles. The van der Waals surface area contributed by atoms with Crippen LogP contribution < -0.4 is 154 Å². The van der Waals surface area contributed by atoms with Crippen molar-refractivity contribution in [3.63, 3.8) is 0 Å². The molecule has 3 unspecified atom stereocenters. The maximum Gasteiger partial charge on any atom is 1.00 e. The summed E-state index contributed by atoms with van der Waals surface area (Å²) in [7, 11) is -30.4. The quantitative estimate of drug-likeness (QED) is 0.0287. The molecule has 3 atom stereocenters. The average molecular weight is 1460 g/mol. The van der Waals surface area contributed by atoms with Crippen LogP contribution >= 0.6 is 22.8 Å². The molecule has 0 amide bonds. The molecule has 0 fully saturated rings. The van der Waals surface area contributed by atoms with Gasteiger partial charge in [-0.15, -0.1) is 0 Å². The van der Waals surface area contributed by atoms with Crippen LogP contribution in [0.1, 0.15) is 55.2 Å². The molecule has 0 aliphatic heterocycles. The Morgan fingerprint density at radius 2 is 0.516 bits per heavy atom. The van der Waals surface area contributed by atoms with Crippen molar-refractivity contribution >= 4 is 53.1 Å². The third-order valence-corrected chi connectivity index (χ3v) is 24.9. The van der Waals surface area contributed by atoms with Crippen LogP contribution in [0.3, 0.4) is 0 Å². The fourth-order valence-electron chi connectivity index (χ4n) is 9.97. The topological polar surface area (TPSA) is 383 Å². The minimum Gasteiger partial charge on any atom is -0.747 e. The summed E-state index contributed by atoms with van der Waals surface area (Å²) in [5.74, 6) is 0. The molecule has 93 heavy (non-hydrogen) atoms. The Labute approximate surface area is 669 Å². The van der Waals surface area contributed by atoms with Gasteiger partial charge in [0.15, 0.2) is 15.0 Å². The fourth-order valence-corrected chi connectivity index (χ4v) is 16.9. The van der Waals surface area contributed by atoms with Gasteiger partial charge in [-0.3, -0.25) is 28.6 Å². The molecule has 30 heteroatoms. The third kappa shape index (κ3) is 26.2. The van der Waals surface area contributed by atoms with Crippen LogP contribution in [0.25, 0.3) is 67.2 Å². The van der Waals surface area contributed by atoms with E-state index in [2.05, 4.69) is 15.0 Å². The van der Waals surface area contributed by atoms with Crippen molar-refractivity contribution < 1.29 is 236 Å².